The van der Waals surface area contributed by atoms with Gasteiger partial charge in [-0.05, 0) is 37.1 Å². The Morgan fingerprint density at radius 3 is 2.15 bits per heavy atom. The normalized spacial score (nSPS) is 11.8. The largest absolute Gasteiger partial charge is 0.480 e. The summed E-state index contributed by atoms with van der Waals surface area (Å²) in [5.74, 6) is -1.21. The van der Waals surface area contributed by atoms with Gasteiger partial charge in [0.2, 0.25) is 10.0 Å². The zero-order chi connectivity index (χ0) is 15.4. The number of nitrogens with zero attached hydrogens (tertiary/aromatic N) is 1. The first-order valence-corrected chi connectivity index (χ1v) is 7.57. The summed E-state index contributed by atoms with van der Waals surface area (Å²) in [6, 6.07) is 7.18. The van der Waals surface area contributed by atoms with Gasteiger partial charge in [-0.15, -0.1) is 0 Å². The van der Waals surface area contributed by atoms with Crippen molar-refractivity contribution in [3.8, 4) is 6.07 Å². The molecule has 0 saturated heterocycles. The maximum absolute atomic E-state index is 12.2. The lowest BCUT2D eigenvalue weighted by molar-refractivity contribution is -0.144. The maximum atomic E-state index is 12.2. The third-order valence-corrected chi connectivity index (χ3v) is 4.79. The second kappa shape index (κ2) is 6.03. The highest BCUT2D eigenvalue weighted by molar-refractivity contribution is 7.89. The summed E-state index contributed by atoms with van der Waals surface area (Å²) < 4.78 is 26.7. The van der Waals surface area contributed by atoms with Gasteiger partial charge in [0, 0.05) is 0 Å². The molecule has 1 aromatic carbocycles. The summed E-state index contributed by atoms with van der Waals surface area (Å²) in [5.41, 5.74) is -1.19. The summed E-state index contributed by atoms with van der Waals surface area (Å²) >= 11 is 0. The molecule has 0 heterocycles. The van der Waals surface area contributed by atoms with E-state index in [2.05, 4.69) is 4.72 Å². The van der Waals surface area contributed by atoms with Crippen LogP contribution >= 0.6 is 0 Å². The molecule has 1 rings (SSSR count). The van der Waals surface area contributed by atoms with Crippen molar-refractivity contribution in [3.05, 3.63) is 29.8 Å². The summed E-state index contributed by atoms with van der Waals surface area (Å²) in [6.07, 6.45) is 0.267. The van der Waals surface area contributed by atoms with Gasteiger partial charge in [-0.3, -0.25) is 4.79 Å². The van der Waals surface area contributed by atoms with E-state index in [-0.39, 0.29) is 17.7 Å². The number of carboxylic acid groups (broad SMARTS) is 1. The first-order valence-electron chi connectivity index (χ1n) is 6.09. The number of nitrogens with one attached hydrogen (secondary N) is 1. The summed E-state index contributed by atoms with van der Waals surface area (Å²) in [7, 11) is -3.95. The predicted octanol–water partition coefficient (Wildman–Crippen LogP) is 1.48. The molecule has 1 aromatic rings. The van der Waals surface area contributed by atoms with Gasteiger partial charge in [-0.1, -0.05) is 13.8 Å². The topological polar surface area (TPSA) is 107 Å². The fraction of sp³-hybridized carbons (Fsp3) is 0.385. The molecule has 6 nitrogen and oxygen atoms in total. The van der Waals surface area contributed by atoms with Crippen LogP contribution in [0.3, 0.4) is 0 Å². The van der Waals surface area contributed by atoms with Crippen LogP contribution in [0.25, 0.3) is 0 Å². The van der Waals surface area contributed by atoms with Crippen LogP contribution in [0, 0.1) is 11.3 Å². The number of sulfonamides is 1. The monoisotopic (exact) mass is 296 g/mol. The van der Waals surface area contributed by atoms with E-state index < -0.39 is 21.5 Å². The molecule has 2 N–H and O–H groups in total. The van der Waals surface area contributed by atoms with Gasteiger partial charge in [0.05, 0.1) is 16.5 Å². The second-order valence-corrected chi connectivity index (χ2v) is 6.02. The van der Waals surface area contributed by atoms with Crippen LogP contribution in [0.15, 0.2) is 29.2 Å². The van der Waals surface area contributed by atoms with Gasteiger partial charge in [-0.2, -0.15) is 9.98 Å². The average molecular weight is 296 g/mol. The van der Waals surface area contributed by atoms with E-state index in [0.29, 0.717) is 5.56 Å². The van der Waals surface area contributed by atoms with Gasteiger partial charge in [-0.25, -0.2) is 8.42 Å². The number of rotatable bonds is 6. The SMILES string of the molecule is CCC(CC)(NS(=O)(=O)c1ccc(C#N)cc1)C(=O)O. The number of aliphatic carboxylic acids is 1. The molecule has 0 aliphatic rings. The van der Waals surface area contributed by atoms with Gasteiger partial charge in [0.15, 0.2) is 0 Å². The summed E-state index contributed by atoms with van der Waals surface area (Å²) in [6.45, 7) is 3.22. The Balaban J connectivity index is 3.16. The Morgan fingerprint density at radius 1 is 1.30 bits per heavy atom. The minimum absolute atomic E-state index is 0.0657. The van der Waals surface area contributed by atoms with Crippen LogP contribution in [-0.2, 0) is 14.8 Å². The molecule has 0 fully saturated rings. The van der Waals surface area contributed by atoms with Crippen LogP contribution in [0.1, 0.15) is 32.3 Å². The van der Waals surface area contributed by atoms with E-state index in [1.165, 1.54) is 24.3 Å². The zero-order valence-electron chi connectivity index (χ0n) is 11.3. The molecular weight excluding hydrogens is 280 g/mol. The molecule has 0 aliphatic heterocycles. The number of carboxylic acids is 1. The molecule has 0 aromatic heterocycles. The highest BCUT2D eigenvalue weighted by Crippen LogP contribution is 2.20. The molecule has 0 spiro atoms. The lowest BCUT2D eigenvalue weighted by atomic mass is 9.95. The third-order valence-electron chi connectivity index (χ3n) is 3.24. The van der Waals surface area contributed by atoms with Gasteiger partial charge < -0.3 is 5.11 Å². The minimum Gasteiger partial charge on any atom is -0.480 e. The number of hydrogen-bond acceptors (Lipinski definition) is 4. The third kappa shape index (κ3) is 3.15. The molecule has 0 amide bonds. The van der Waals surface area contributed by atoms with Gasteiger partial charge in [0.25, 0.3) is 0 Å². The number of hydrogen-bond donors (Lipinski definition) is 2. The average Bonchev–Trinajstić information content (AvgIpc) is 2.44. The fourth-order valence-electron chi connectivity index (χ4n) is 1.77. The zero-order valence-corrected chi connectivity index (χ0v) is 12.1. The van der Waals surface area contributed by atoms with Crippen LogP contribution in [0.4, 0.5) is 0 Å². The lowest BCUT2D eigenvalue weighted by Crippen LogP contribution is -2.53. The highest BCUT2D eigenvalue weighted by Gasteiger charge is 2.39. The van der Waals surface area contributed by atoms with E-state index >= 15 is 0 Å². The van der Waals surface area contributed by atoms with Crippen molar-refractivity contribution in [2.45, 2.75) is 37.1 Å². The lowest BCUT2D eigenvalue weighted by Gasteiger charge is -2.27. The van der Waals surface area contributed by atoms with Crippen molar-refractivity contribution in [1.82, 2.24) is 4.72 Å². The van der Waals surface area contributed by atoms with E-state index in [1.807, 2.05) is 6.07 Å². The molecule has 20 heavy (non-hydrogen) atoms. The van der Waals surface area contributed by atoms with Crippen LogP contribution in [-0.4, -0.2) is 25.0 Å². The standard InChI is InChI=1S/C13H16N2O4S/c1-3-13(4-2,12(16)17)15-20(18,19)11-7-5-10(9-14)6-8-11/h5-8,15H,3-4H2,1-2H3,(H,16,17). The molecule has 0 saturated carbocycles. The van der Waals surface area contributed by atoms with Gasteiger partial charge in [0.1, 0.15) is 5.54 Å². The fourth-order valence-corrected chi connectivity index (χ4v) is 3.27. The molecule has 0 aliphatic carbocycles. The molecule has 0 radical (unpaired) electrons. The van der Waals surface area contributed by atoms with Crippen molar-refractivity contribution < 1.29 is 18.3 Å². The van der Waals surface area contributed by atoms with Crippen molar-refractivity contribution in [1.29, 1.82) is 5.26 Å². The summed E-state index contributed by atoms with van der Waals surface area (Å²) in [4.78, 5) is 11.3. The smallest absolute Gasteiger partial charge is 0.324 e. The number of carbonyl (C=O) groups is 1. The summed E-state index contributed by atoms with van der Waals surface area (Å²) in [5, 5.41) is 17.9. The van der Waals surface area contributed by atoms with E-state index in [4.69, 9.17) is 5.26 Å². The number of benzene rings is 1. The van der Waals surface area contributed by atoms with Crippen LogP contribution < -0.4 is 4.72 Å². The Hall–Kier alpha value is -1.91. The molecule has 108 valence electrons. The molecule has 7 heteroatoms. The molecule has 0 bridgehead atoms. The highest BCUT2D eigenvalue weighted by atomic mass is 32.2. The second-order valence-electron chi connectivity index (χ2n) is 4.34. The van der Waals surface area contributed by atoms with Gasteiger partial charge >= 0.3 is 5.97 Å². The van der Waals surface area contributed by atoms with Crippen molar-refractivity contribution in [2.24, 2.45) is 0 Å². The van der Waals surface area contributed by atoms with Crippen LogP contribution in [0.5, 0.6) is 0 Å². The van der Waals surface area contributed by atoms with Crippen molar-refractivity contribution >= 4 is 16.0 Å². The quantitative estimate of drug-likeness (QED) is 0.826. The Morgan fingerprint density at radius 2 is 1.80 bits per heavy atom. The Kier molecular flexibility index (Phi) is 4.87. The maximum Gasteiger partial charge on any atom is 0.324 e. The minimum atomic E-state index is -3.95. The predicted molar refractivity (Wildman–Crippen MR) is 72.4 cm³/mol. The van der Waals surface area contributed by atoms with E-state index in [9.17, 15) is 18.3 Å². The molecule has 0 atom stereocenters. The van der Waals surface area contributed by atoms with Crippen molar-refractivity contribution in [2.75, 3.05) is 0 Å². The Labute approximate surface area is 118 Å². The molecule has 0 unspecified atom stereocenters. The Bertz CT molecular complexity index is 625. The van der Waals surface area contributed by atoms with Crippen molar-refractivity contribution in [3.63, 3.8) is 0 Å². The van der Waals surface area contributed by atoms with E-state index in [0.717, 1.165) is 0 Å². The van der Waals surface area contributed by atoms with Crippen LogP contribution in [0.2, 0.25) is 0 Å². The first kappa shape index (κ1) is 16.1. The first-order chi connectivity index (χ1) is 9.31. The number of nitriles is 1. The molecular formula is C13H16N2O4S. The van der Waals surface area contributed by atoms with E-state index in [1.54, 1.807) is 13.8 Å².